The summed E-state index contributed by atoms with van der Waals surface area (Å²) in [6.07, 6.45) is 4.80. The Morgan fingerprint density at radius 1 is 1.18 bits per heavy atom. The Hall–Kier alpha value is -0.610. The van der Waals surface area contributed by atoms with Gasteiger partial charge in [0.25, 0.3) is 0 Å². The largest absolute Gasteiger partial charge is 0.379 e. The monoisotopic (exact) mass is 310 g/mol. The highest BCUT2D eigenvalue weighted by Gasteiger charge is 2.33. The van der Waals surface area contributed by atoms with E-state index in [2.05, 4.69) is 37.9 Å². The molecule has 1 saturated carbocycles. The Morgan fingerprint density at radius 3 is 2.32 bits per heavy atom. The third-order valence-electron chi connectivity index (χ3n) is 5.39. The Labute approximate surface area is 136 Å². The topological polar surface area (TPSA) is 41.6 Å². The van der Waals surface area contributed by atoms with Crippen molar-refractivity contribution in [3.63, 3.8) is 0 Å². The van der Waals surface area contributed by atoms with E-state index in [1.54, 1.807) is 0 Å². The van der Waals surface area contributed by atoms with Crippen LogP contribution >= 0.6 is 0 Å². The highest BCUT2D eigenvalue weighted by atomic mass is 16.5. The molecule has 1 amide bonds. The van der Waals surface area contributed by atoms with E-state index in [9.17, 15) is 4.79 Å². The number of hydrogen-bond acceptors (Lipinski definition) is 3. The maximum Gasteiger partial charge on any atom is 0.227 e. The lowest BCUT2D eigenvalue weighted by Crippen LogP contribution is -2.50. The van der Waals surface area contributed by atoms with E-state index in [0.29, 0.717) is 6.04 Å². The van der Waals surface area contributed by atoms with Crippen LogP contribution in [0.25, 0.3) is 0 Å². The van der Waals surface area contributed by atoms with Crippen molar-refractivity contribution in [1.29, 1.82) is 0 Å². The summed E-state index contributed by atoms with van der Waals surface area (Å²) in [7, 11) is 0. The van der Waals surface area contributed by atoms with E-state index in [1.807, 2.05) is 0 Å². The van der Waals surface area contributed by atoms with Crippen LogP contribution in [0.5, 0.6) is 0 Å². The Bertz CT molecular complexity index is 354. The number of carbonyl (C=O) groups is 1. The molecule has 2 rings (SSSR count). The lowest BCUT2D eigenvalue weighted by Gasteiger charge is -2.36. The van der Waals surface area contributed by atoms with Gasteiger partial charge in [0.15, 0.2) is 0 Å². The molecule has 0 spiro atoms. The van der Waals surface area contributed by atoms with Crippen LogP contribution in [0.2, 0.25) is 0 Å². The van der Waals surface area contributed by atoms with Crippen LogP contribution in [0.4, 0.5) is 0 Å². The maximum absolute atomic E-state index is 12.7. The third-order valence-corrected chi connectivity index (χ3v) is 5.39. The molecule has 0 bridgehead atoms. The molecule has 1 heterocycles. The van der Waals surface area contributed by atoms with E-state index in [1.165, 1.54) is 12.8 Å². The van der Waals surface area contributed by atoms with Crippen LogP contribution in [0.15, 0.2) is 0 Å². The van der Waals surface area contributed by atoms with Crippen LogP contribution in [0, 0.1) is 17.3 Å². The zero-order valence-corrected chi connectivity index (χ0v) is 14.9. The van der Waals surface area contributed by atoms with Gasteiger partial charge in [-0.2, -0.15) is 0 Å². The molecule has 0 radical (unpaired) electrons. The Morgan fingerprint density at radius 2 is 1.77 bits per heavy atom. The minimum Gasteiger partial charge on any atom is -0.379 e. The van der Waals surface area contributed by atoms with E-state index < -0.39 is 0 Å². The van der Waals surface area contributed by atoms with Gasteiger partial charge >= 0.3 is 0 Å². The second kappa shape index (κ2) is 7.78. The van der Waals surface area contributed by atoms with Gasteiger partial charge in [-0.15, -0.1) is 0 Å². The summed E-state index contributed by atoms with van der Waals surface area (Å²) in [4.78, 5) is 15.0. The Kier molecular flexibility index (Phi) is 6.27. The van der Waals surface area contributed by atoms with E-state index in [4.69, 9.17) is 4.74 Å². The molecule has 4 nitrogen and oxygen atoms in total. The van der Waals surface area contributed by atoms with Crippen molar-refractivity contribution in [2.75, 3.05) is 32.8 Å². The summed E-state index contributed by atoms with van der Waals surface area (Å²) >= 11 is 0. The van der Waals surface area contributed by atoms with Crippen molar-refractivity contribution in [3.8, 4) is 0 Å². The third kappa shape index (κ3) is 4.95. The summed E-state index contributed by atoms with van der Waals surface area (Å²) in [5, 5.41) is 3.31. The molecule has 22 heavy (non-hydrogen) atoms. The van der Waals surface area contributed by atoms with Gasteiger partial charge in [0.05, 0.1) is 18.6 Å². The first-order valence-electron chi connectivity index (χ1n) is 8.99. The molecule has 1 N–H and O–H groups in total. The normalized spacial score (nSPS) is 27.9. The second-order valence-electron chi connectivity index (χ2n) is 8.10. The molecule has 0 aromatic carbocycles. The molecule has 1 aliphatic carbocycles. The molecule has 0 aromatic rings. The molecular formula is C18H34N2O2. The average molecular weight is 310 g/mol. The molecule has 0 aromatic heterocycles. The lowest BCUT2D eigenvalue weighted by atomic mass is 9.79. The highest BCUT2D eigenvalue weighted by molar-refractivity contribution is 5.82. The fourth-order valence-electron chi connectivity index (χ4n) is 3.70. The van der Waals surface area contributed by atoms with E-state index in [0.717, 1.165) is 57.5 Å². The SMILES string of the molecule is CC(C)[C@H]1CC[C@H](NC(=O)C(C)(C)CN2CCOCC2)CC1. The van der Waals surface area contributed by atoms with Gasteiger partial charge in [-0.1, -0.05) is 13.8 Å². The first kappa shape index (κ1) is 17.7. The van der Waals surface area contributed by atoms with Crippen molar-refractivity contribution in [3.05, 3.63) is 0 Å². The van der Waals surface area contributed by atoms with Crippen LogP contribution in [0.1, 0.15) is 53.4 Å². The van der Waals surface area contributed by atoms with Gasteiger partial charge in [-0.25, -0.2) is 0 Å². The quantitative estimate of drug-likeness (QED) is 0.849. The number of morpholine rings is 1. The first-order chi connectivity index (χ1) is 10.4. The zero-order valence-electron chi connectivity index (χ0n) is 14.9. The number of rotatable bonds is 5. The van der Waals surface area contributed by atoms with Crippen LogP contribution in [-0.4, -0.2) is 49.7 Å². The molecule has 0 unspecified atom stereocenters. The number of nitrogens with zero attached hydrogens (tertiary/aromatic N) is 1. The number of ether oxygens (including phenoxy) is 1. The van der Waals surface area contributed by atoms with Crippen molar-refractivity contribution in [2.45, 2.75) is 59.4 Å². The predicted octanol–water partition coefficient (Wildman–Crippen LogP) is 2.68. The fraction of sp³-hybridized carbons (Fsp3) is 0.944. The molecular weight excluding hydrogens is 276 g/mol. The van der Waals surface area contributed by atoms with Gasteiger partial charge < -0.3 is 10.1 Å². The summed E-state index contributed by atoms with van der Waals surface area (Å²) in [6.45, 7) is 13.0. The highest BCUT2D eigenvalue weighted by Crippen LogP contribution is 2.30. The van der Waals surface area contributed by atoms with Crippen LogP contribution in [-0.2, 0) is 9.53 Å². The van der Waals surface area contributed by atoms with Crippen molar-refractivity contribution < 1.29 is 9.53 Å². The van der Waals surface area contributed by atoms with Crippen LogP contribution < -0.4 is 5.32 Å². The number of carbonyl (C=O) groups excluding carboxylic acids is 1. The standard InChI is InChI=1S/C18H34N2O2/c1-14(2)15-5-7-16(8-6-15)19-17(21)18(3,4)13-20-9-11-22-12-10-20/h14-16H,5-13H2,1-4H3,(H,19,21)/t15-,16-. The molecule has 2 fully saturated rings. The van der Waals surface area contributed by atoms with Gasteiger partial charge in [0.2, 0.25) is 5.91 Å². The number of amides is 1. The molecule has 128 valence electrons. The van der Waals surface area contributed by atoms with Gasteiger partial charge in [-0.3, -0.25) is 9.69 Å². The number of nitrogens with one attached hydrogen (secondary N) is 1. The summed E-state index contributed by atoms with van der Waals surface area (Å²) < 4.78 is 5.38. The summed E-state index contributed by atoms with van der Waals surface area (Å²) in [6, 6.07) is 0.381. The number of hydrogen-bond donors (Lipinski definition) is 1. The molecule has 4 heteroatoms. The maximum atomic E-state index is 12.7. The fourth-order valence-corrected chi connectivity index (χ4v) is 3.70. The minimum atomic E-state index is -0.327. The van der Waals surface area contributed by atoms with Crippen LogP contribution in [0.3, 0.4) is 0 Å². The second-order valence-corrected chi connectivity index (χ2v) is 8.10. The lowest BCUT2D eigenvalue weighted by molar-refractivity contribution is -0.132. The van der Waals surface area contributed by atoms with Crippen molar-refractivity contribution in [2.24, 2.45) is 17.3 Å². The van der Waals surface area contributed by atoms with Crippen molar-refractivity contribution >= 4 is 5.91 Å². The zero-order chi connectivity index (χ0) is 16.2. The summed E-state index contributed by atoms with van der Waals surface area (Å²) in [5.74, 6) is 1.83. The average Bonchev–Trinajstić information content (AvgIpc) is 2.48. The van der Waals surface area contributed by atoms with Gasteiger partial charge in [-0.05, 0) is 51.4 Å². The summed E-state index contributed by atoms with van der Waals surface area (Å²) in [5.41, 5.74) is -0.327. The molecule has 1 saturated heterocycles. The molecule has 1 aliphatic heterocycles. The molecule has 0 atom stereocenters. The van der Waals surface area contributed by atoms with Gasteiger partial charge in [0, 0.05) is 25.7 Å². The first-order valence-corrected chi connectivity index (χ1v) is 8.99. The molecule has 2 aliphatic rings. The van der Waals surface area contributed by atoms with Gasteiger partial charge in [0.1, 0.15) is 0 Å². The van der Waals surface area contributed by atoms with E-state index >= 15 is 0 Å². The predicted molar refractivity (Wildman–Crippen MR) is 89.8 cm³/mol. The Balaban J connectivity index is 1.78. The van der Waals surface area contributed by atoms with E-state index in [-0.39, 0.29) is 11.3 Å². The smallest absolute Gasteiger partial charge is 0.227 e. The minimum absolute atomic E-state index is 0.215. The van der Waals surface area contributed by atoms with Crippen molar-refractivity contribution in [1.82, 2.24) is 10.2 Å².